The third-order valence-corrected chi connectivity index (χ3v) is 7.31. The number of nitrogens with one attached hydrogen (secondary N) is 1. The first-order valence-electron chi connectivity index (χ1n) is 9.85. The van der Waals surface area contributed by atoms with E-state index >= 15 is 0 Å². The Bertz CT molecular complexity index is 590. The lowest BCUT2D eigenvalue weighted by Crippen LogP contribution is -2.52. The van der Waals surface area contributed by atoms with Gasteiger partial charge in [-0.05, 0) is 24.3 Å². The number of nitrogens with zero attached hydrogens (tertiary/aromatic N) is 2. The molecule has 0 spiro atoms. The monoisotopic (exact) mass is 503 g/mol. The minimum Gasteiger partial charge on any atom is -0.381 e. The van der Waals surface area contributed by atoms with Gasteiger partial charge in [0, 0.05) is 56.3 Å². The van der Waals surface area contributed by atoms with E-state index in [0.29, 0.717) is 11.2 Å². The minimum absolute atomic E-state index is 0. The second-order valence-corrected chi connectivity index (χ2v) is 9.11. The predicted octanol–water partition coefficient (Wildman–Crippen LogP) is 4.00. The highest BCUT2D eigenvalue weighted by Gasteiger charge is 2.35. The lowest BCUT2D eigenvalue weighted by Gasteiger charge is -2.40. The highest BCUT2D eigenvalue weighted by Crippen LogP contribution is 2.34. The van der Waals surface area contributed by atoms with E-state index < -0.39 is 0 Å². The van der Waals surface area contributed by atoms with Gasteiger partial charge in [-0.25, -0.2) is 0 Å². The first-order chi connectivity index (χ1) is 12.6. The third-order valence-electron chi connectivity index (χ3n) is 5.77. The summed E-state index contributed by atoms with van der Waals surface area (Å²) < 4.78 is 5.66. The van der Waals surface area contributed by atoms with Gasteiger partial charge in [-0.3, -0.25) is 4.99 Å². The van der Waals surface area contributed by atoms with E-state index in [0.717, 1.165) is 51.6 Å². The summed E-state index contributed by atoms with van der Waals surface area (Å²) in [5, 5.41) is 4.41. The summed E-state index contributed by atoms with van der Waals surface area (Å²) in [5.74, 6) is 2.94. The Morgan fingerprint density at radius 2 is 2.00 bits per heavy atom. The molecular formula is C21H34IN3OS. The van der Waals surface area contributed by atoms with Crippen LogP contribution in [0.3, 0.4) is 0 Å². The van der Waals surface area contributed by atoms with Crippen molar-refractivity contribution >= 4 is 41.7 Å². The first-order valence-corrected chi connectivity index (χ1v) is 10.9. The van der Waals surface area contributed by atoms with Crippen LogP contribution in [0.1, 0.15) is 32.3 Å². The molecule has 1 atom stereocenters. The van der Waals surface area contributed by atoms with E-state index in [1.807, 2.05) is 7.05 Å². The highest BCUT2D eigenvalue weighted by molar-refractivity contribution is 14.0. The van der Waals surface area contributed by atoms with Gasteiger partial charge in [0.15, 0.2) is 5.96 Å². The van der Waals surface area contributed by atoms with Crippen molar-refractivity contribution in [3.05, 3.63) is 35.9 Å². The molecule has 0 aliphatic carbocycles. The van der Waals surface area contributed by atoms with Gasteiger partial charge in [0.1, 0.15) is 0 Å². The molecule has 0 saturated carbocycles. The molecule has 0 amide bonds. The summed E-state index contributed by atoms with van der Waals surface area (Å²) in [5.41, 5.74) is 1.55. The van der Waals surface area contributed by atoms with Crippen LogP contribution in [0.25, 0.3) is 0 Å². The average Bonchev–Trinajstić information content (AvgIpc) is 2.70. The molecule has 152 valence electrons. The summed E-state index contributed by atoms with van der Waals surface area (Å²) in [4.78, 5) is 7.05. The predicted molar refractivity (Wildman–Crippen MR) is 128 cm³/mol. The fraction of sp³-hybridized carbons (Fsp3) is 0.667. The molecule has 0 bridgehead atoms. The van der Waals surface area contributed by atoms with Gasteiger partial charge in [0.2, 0.25) is 0 Å². The van der Waals surface area contributed by atoms with Gasteiger partial charge in [-0.1, -0.05) is 44.2 Å². The quantitative estimate of drug-likeness (QED) is 0.383. The Hall–Kier alpha value is -0.470. The first kappa shape index (κ1) is 22.8. The van der Waals surface area contributed by atoms with Crippen LogP contribution in [0.2, 0.25) is 0 Å². The smallest absolute Gasteiger partial charge is 0.193 e. The summed E-state index contributed by atoms with van der Waals surface area (Å²) in [6.07, 6.45) is 2.12. The van der Waals surface area contributed by atoms with Gasteiger partial charge >= 0.3 is 0 Å². The second kappa shape index (κ2) is 10.9. The minimum atomic E-state index is 0. The molecule has 2 heterocycles. The molecular weight excluding hydrogens is 469 g/mol. The molecule has 1 aromatic rings. The van der Waals surface area contributed by atoms with E-state index in [4.69, 9.17) is 4.74 Å². The Morgan fingerprint density at radius 1 is 1.30 bits per heavy atom. The Kier molecular flexibility index (Phi) is 9.22. The second-order valence-electron chi connectivity index (χ2n) is 7.76. The number of guanidine groups is 1. The van der Waals surface area contributed by atoms with Gasteiger partial charge in [-0.2, -0.15) is 11.8 Å². The Morgan fingerprint density at radius 3 is 2.63 bits per heavy atom. The zero-order valence-electron chi connectivity index (χ0n) is 16.8. The molecule has 3 rings (SSSR count). The SMILES string of the molecule is CN=C(NCC1(c2ccccc2)CCOCC1)N1CCSC(C(C)C)C1.I. The van der Waals surface area contributed by atoms with E-state index in [9.17, 15) is 0 Å². The van der Waals surface area contributed by atoms with Crippen molar-refractivity contribution in [2.45, 2.75) is 37.4 Å². The standard InChI is InChI=1S/C21H33N3OS.HI/c1-17(2)19-15-24(11-14-26-19)20(22-3)23-16-21(9-12-25-13-10-21)18-7-5-4-6-8-18;/h4-8,17,19H,9-16H2,1-3H3,(H,22,23);1H. The van der Waals surface area contributed by atoms with Crippen LogP contribution in [0.4, 0.5) is 0 Å². The number of rotatable bonds is 4. The number of ether oxygens (including phenoxy) is 1. The normalized spacial score (nSPS) is 23.0. The lowest BCUT2D eigenvalue weighted by atomic mass is 9.74. The molecule has 0 aromatic heterocycles. The maximum Gasteiger partial charge on any atom is 0.193 e. The van der Waals surface area contributed by atoms with Gasteiger partial charge < -0.3 is 15.0 Å². The molecule has 1 unspecified atom stereocenters. The summed E-state index contributed by atoms with van der Waals surface area (Å²) in [6, 6.07) is 10.9. The Balaban J connectivity index is 0.00000261. The van der Waals surface area contributed by atoms with Crippen LogP contribution in [0.15, 0.2) is 35.3 Å². The van der Waals surface area contributed by atoms with Crippen LogP contribution in [-0.4, -0.2) is 61.8 Å². The van der Waals surface area contributed by atoms with Crippen molar-refractivity contribution in [2.75, 3.05) is 45.6 Å². The van der Waals surface area contributed by atoms with Crippen LogP contribution in [0.5, 0.6) is 0 Å². The van der Waals surface area contributed by atoms with Crippen LogP contribution in [0, 0.1) is 5.92 Å². The lowest BCUT2D eigenvalue weighted by molar-refractivity contribution is 0.0511. The Labute approximate surface area is 185 Å². The summed E-state index contributed by atoms with van der Waals surface area (Å²) >= 11 is 2.10. The zero-order chi connectivity index (χ0) is 18.4. The van der Waals surface area contributed by atoms with E-state index in [-0.39, 0.29) is 29.4 Å². The highest BCUT2D eigenvalue weighted by atomic mass is 127. The molecule has 2 saturated heterocycles. The summed E-state index contributed by atoms with van der Waals surface area (Å²) in [6.45, 7) is 9.41. The fourth-order valence-electron chi connectivity index (χ4n) is 3.97. The number of hydrogen-bond acceptors (Lipinski definition) is 3. The van der Waals surface area contributed by atoms with E-state index in [1.165, 1.54) is 11.3 Å². The molecule has 4 nitrogen and oxygen atoms in total. The zero-order valence-corrected chi connectivity index (χ0v) is 20.0. The number of halogens is 1. The molecule has 1 N–H and O–H groups in total. The maximum absolute atomic E-state index is 5.66. The van der Waals surface area contributed by atoms with Crippen molar-refractivity contribution in [1.82, 2.24) is 10.2 Å². The number of benzene rings is 1. The van der Waals surface area contributed by atoms with Gasteiger partial charge in [0.25, 0.3) is 0 Å². The number of thioether (sulfide) groups is 1. The van der Waals surface area contributed by atoms with Crippen molar-refractivity contribution in [3.63, 3.8) is 0 Å². The molecule has 27 heavy (non-hydrogen) atoms. The topological polar surface area (TPSA) is 36.9 Å². The van der Waals surface area contributed by atoms with Crippen LogP contribution < -0.4 is 5.32 Å². The summed E-state index contributed by atoms with van der Waals surface area (Å²) in [7, 11) is 1.91. The molecule has 6 heteroatoms. The molecule has 2 aliphatic rings. The number of hydrogen-bond donors (Lipinski definition) is 1. The van der Waals surface area contributed by atoms with Crippen LogP contribution >= 0.6 is 35.7 Å². The van der Waals surface area contributed by atoms with Crippen LogP contribution in [-0.2, 0) is 10.2 Å². The van der Waals surface area contributed by atoms with Crippen molar-refractivity contribution in [1.29, 1.82) is 0 Å². The third kappa shape index (κ3) is 5.76. The van der Waals surface area contributed by atoms with Crippen molar-refractivity contribution in [3.8, 4) is 0 Å². The molecule has 2 aliphatic heterocycles. The molecule has 2 fully saturated rings. The van der Waals surface area contributed by atoms with Gasteiger partial charge in [0.05, 0.1) is 0 Å². The fourth-order valence-corrected chi connectivity index (χ4v) is 5.27. The number of aliphatic imine (C=N–C) groups is 1. The largest absolute Gasteiger partial charge is 0.381 e. The van der Waals surface area contributed by atoms with Crippen molar-refractivity contribution in [2.24, 2.45) is 10.9 Å². The average molecular weight is 503 g/mol. The molecule has 1 aromatic carbocycles. The van der Waals surface area contributed by atoms with Gasteiger partial charge in [-0.15, -0.1) is 24.0 Å². The molecule has 0 radical (unpaired) electrons. The maximum atomic E-state index is 5.66. The van der Waals surface area contributed by atoms with E-state index in [1.54, 1.807) is 0 Å². The van der Waals surface area contributed by atoms with E-state index in [2.05, 4.69) is 71.2 Å². The van der Waals surface area contributed by atoms with Crippen molar-refractivity contribution < 1.29 is 4.74 Å².